The molecule has 0 atom stereocenters. The van der Waals surface area contributed by atoms with Gasteiger partial charge in [-0.3, -0.25) is 4.72 Å². The van der Waals surface area contributed by atoms with E-state index < -0.39 is 20.0 Å². The molecule has 1 aliphatic rings. The molecular formula is C22H28N2O5S2. The SMILES string of the molecule is CC(C)Oc1ccc(S(=O)(=O)N2CCCCC2)cc1NS(=O)(=O)/C=C/c1ccccc1. The van der Waals surface area contributed by atoms with Gasteiger partial charge in [0.05, 0.1) is 22.1 Å². The Hall–Kier alpha value is -2.36. The predicted molar refractivity (Wildman–Crippen MR) is 123 cm³/mol. The zero-order valence-corrected chi connectivity index (χ0v) is 19.3. The Morgan fingerprint density at radius 2 is 1.65 bits per heavy atom. The lowest BCUT2D eigenvalue weighted by Crippen LogP contribution is -2.35. The zero-order valence-electron chi connectivity index (χ0n) is 17.7. The third-order valence-electron chi connectivity index (χ3n) is 4.76. The minimum absolute atomic E-state index is 0.0373. The van der Waals surface area contributed by atoms with Crippen LogP contribution in [-0.2, 0) is 20.0 Å². The van der Waals surface area contributed by atoms with E-state index in [2.05, 4.69) is 4.72 Å². The minimum Gasteiger partial charge on any atom is -0.489 e. The van der Waals surface area contributed by atoms with Gasteiger partial charge >= 0.3 is 0 Å². The number of anilines is 1. The van der Waals surface area contributed by atoms with Crippen molar-refractivity contribution in [1.29, 1.82) is 0 Å². The second-order valence-corrected chi connectivity index (χ2v) is 11.2. The first-order valence-corrected chi connectivity index (χ1v) is 13.2. The van der Waals surface area contributed by atoms with Gasteiger partial charge in [0, 0.05) is 13.1 Å². The second kappa shape index (κ2) is 9.84. The molecule has 1 saturated heterocycles. The molecule has 2 aromatic carbocycles. The van der Waals surface area contributed by atoms with Crippen LogP contribution in [0.1, 0.15) is 38.7 Å². The topological polar surface area (TPSA) is 92.8 Å². The van der Waals surface area contributed by atoms with Gasteiger partial charge in [-0.15, -0.1) is 0 Å². The molecular weight excluding hydrogens is 436 g/mol. The van der Waals surface area contributed by atoms with Crippen LogP contribution < -0.4 is 9.46 Å². The maximum Gasteiger partial charge on any atom is 0.255 e. The number of sulfonamides is 2. The number of hydrogen-bond acceptors (Lipinski definition) is 5. The maximum absolute atomic E-state index is 13.0. The zero-order chi connectivity index (χ0) is 22.5. The molecule has 1 fully saturated rings. The monoisotopic (exact) mass is 464 g/mol. The van der Waals surface area contributed by atoms with E-state index in [-0.39, 0.29) is 22.4 Å². The van der Waals surface area contributed by atoms with Gasteiger partial charge < -0.3 is 4.74 Å². The van der Waals surface area contributed by atoms with Crippen LogP contribution >= 0.6 is 0 Å². The molecule has 0 aromatic heterocycles. The van der Waals surface area contributed by atoms with Crippen LogP contribution in [0.3, 0.4) is 0 Å². The van der Waals surface area contributed by atoms with Crippen LogP contribution in [0.25, 0.3) is 6.08 Å². The normalized spacial score (nSPS) is 16.0. The lowest BCUT2D eigenvalue weighted by atomic mass is 10.2. The van der Waals surface area contributed by atoms with Crippen LogP contribution in [-0.4, -0.2) is 40.3 Å². The highest BCUT2D eigenvalue weighted by Gasteiger charge is 2.27. The fourth-order valence-corrected chi connectivity index (χ4v) is 5.69. The van der Waals surface area contributed by atoms with Gasteiger partial charge in [0.25, 0.3) is 10.0 Å². The molecule has 0 radical (unpaired) electrons. The Bertz CT molecular complexity index is 1120. The van der Waals surface area contributed by atoms with E-state index in [1.807, 2.05) is 32.0 Å². The van der Waals surface area contributed by atoms with E-state index in [1.165, 1.54) is 28.6 Å². The molecule has 9 heteroatoms. The summed E-state index contributed by atoms with van der Waals surface area (Å²) in [6.45, 7) is 4.55. The van der Waals surface area contributed by atoms with E-state index in [0.717, 1.165) is 30.2 Å². The van der Waals surface area contributed by atoms with Crippen molar-refractivity contribution in [1.82, 2.24) is 4.31 Å². The van der Waals surface area contributed by atoms with Crippen LogP contribution in [0.15, 0.2) is 58.8 Å². The molecule has 1 N–H and O–H groups in total. The molecule has 2 aromatic rings. The molecule has 0 spiro atoms. The number of ether oxygens (including phenoxy) is 1. The average molecular weight is 465 g/mol. The number of hydrogen-bond donors (Lipinski definition) is 1. The standard InChI is InChI=1S/C22H28N2O5S2/c1-18(2)29-22-12-11-20(31(27,28)24-14-7-4-8-15-24)17-21(22)23-30(25,26)16-13-19-9-5-3-6-10-19/h3,5-6,9-13,16-18,23H,4,7-8,14-15H2,1-2H3/b16-13+. The van der Waals surface area contributed by atoms with Crippen molar-refractivity contribution in [3.05, 3.63) is 59.5 Å². The fraction of sp³-hybridized carbons (Fsp3) is 0.364. The quantitative estimate of drug-likeness (QED) is 0.636. The van der Waals surface area contributed by atoms with E-state index in [9.17, 15) is 16.8 Å². The maximum atomic E-state index is 13.0. The third kappa shape index (κ3) is 6.32. The summed E-state index contributed by atoms with van der Waals surface area (Å²) in [7, 11) is -7.61. The van der Waals surface area contributed by atoms with Crippen LogP contribution in [0.2, 0.25) is 0 Å². The number of nitrogens with zero attached hydrogens (tertiary/aromatic N) is 1. The highest BCUT2D eigenvalue weighted by molar-refractivity contribution is 7.95. The minimum atomic E-state index is -3.90. The molecule has 1 heterocycles. The number of rotatable bonds is 8. The number of benzene rings is 2. The molecule has 1 aliphatic heterocycles. The third-order valence-corrected chi connectivity index (χ3v) is 7.65. The summed E-state index contributed by atoms with van der Waals surface area (Å²) in [5.74, 6) is 0.268. The Kier molecular flexibility index (Phi) is 7.40. The van der Waals surface area contributed by atoms with Gasteiger partial charge in [-0.2, -0.15) is 4.31 Å². The van der Waals surface area contributed by atoms with Crippen molar-refractivity contribution in [2.45, 2.75) is 44.1 Å². The summed E-state index contributed by atoms with van der Waals surface area (Å²) in [6, 6.07) is 13.3. The van der Waals surface area contributed by atoms with Crippen molar-refractivity contribution in [3.8, 4) is 5.75 Å². The molecule has 7 nitrogen and oxygen atoms in total. The van der Waals surface area contributed by atoms with Gasteiger partial charge in [-0.1, -0.05) is 36.8 Å². The molecule has 0 aliphatic carbocycles. The van der Waals surface area contributed by atoms with E-state index >= 15 is 0 Å². The van der Waals surface area contributed by atoms with Crippen molar-refractivity contribution in [3.63, 3.8) is 0 Å². The molecule has 3 rings (SSSR count). The molecule has 31 heavy (non-hydrogen) atoms. The Morgan fingerprint density at radius 1 is 0.968 bits per heavy atom. The smallest absolute Gasteiger partial charge is 0.255 e. The lowest BCUT2D eigenvalue weighted by Gasteiger charge is -2.26. The highest BCUT2D eigenvalue weighted by atomic mass is 32.2. The average Bonchev–Trinajstić information content (AvgIpc) is 2.74. The predicted octanol–water partition coefficient (Wildman–Crippen LogP) is 4.06. The first-order valence-electron chi connectivity index (χ1n) is 10.2. The Balaban J connectivity index is 1.92. The largest absolute Gasteiger partial charge is 0.489 e. The molecule has 0 unspecified atom stereocenters. The van der Waals surface area contributed by atoms with Crippen LogP contribution in [0.4, 0.5) is 5.69 Å². The van der Waals surface area contributed by atoms with E-state index in [0.29, 0.717) is 13.1 Å². The summed E-state index contributed by atoms with van der Waals surface area (Å²) in [5.41, 5.74) is 0.817. The number of nitrogens with one attached hydrogen (secondary N) is 1. The van der Waals surface area contributed by atoms with Gasteiger partial charge in [-0.05, 0) is 56.5 Å². The Labute approximate surface area is 184 Å². The summed E-state index contributed by atoms with van der Waals surface area (Å²) in [6.07, 6.45) is 3.90. The first kappa shape index (κ1) is 23.3. The van der Waals surface area contributed by atoms with Gasteiger partial charge in [0.15, 0.2) is 0 Å². The highest BCUT2D eigenvalue weighted by Crippen LogP contribution is 2.31. The van der Waals surface area contributed by atoms with E-state index in [1.54, 1.807) is 12.1 Å². The molecule has 0 saturated carbocycles. The molecule has 0 amide bonds. The summed E-state index contributed by atoms with van der Waals surface area (Å²) in [5, 5.41) is 1.05. The fourth-order valence-electron chi connectivity index (χ4n) is 3.28. The summed E-state index contributed by atoms with van der Waals surface area (Å²) < 4.78 is 61.0. The van der Waals surface area contributed by atoms with Gasteiger partial charge in [0.1, 0.15) is 5.75 Å². The van der Waals surface area contributed by atoms with Crippen LogP contribution in [0.5, 0.6) is 5.75 Å². The lowest BCUT2D eigenvalue weighted by molar-refractivity contribution is 0.243. The van der Waals surface area contributed by atoms with Crippen LogP contribution in [0, 0.1) is 0 Å². The van der Waals surface area contributed by atoms with Crippen molar-refractivity contribution >= 4 is 31.8 Å². The molecule has 0 bridgehead atoms. The van der Waals surface area contributed by atoms with Crippen molar-refractivity contribution < 1.29 is 21.6 Å². The first-order chi connectivity index (χ1) is 14.7. The van der Waals surface area contributed by atoms with Gasteiger partial charge in [-0.25, -0.2) is 16.8 Å². The Morgan fingerprint density at radius 3 is 2.29 bits per heavy atom. The van der Waals surface area contributed by atoms with Crippen molar-refractivity contribution in [2.24, 2.45) is 0 Å². The molecule has 168 valence electrons. The number of piperidine rings is 1. The van der Waals surface area contributed by atoms with Gasteiger partial charge in [0.2, 0.25) is 10.0 Å². The second-order valence-electron chi connectivity index (χ2n) is 7.65. The summed E-state index contributed by atoms with van der Waals surface area (Å²) in [4.78, 5) is 0.0373. The van der Waals surface area contributed by atoms with Crippen molar-refractivity contribution in [2.75, 3.05) is 17.8 Å². The van der Waals surface area contributed by atoms with E-state index in [4.69, 9.17) is 4.74 Å². The summed E-state index contributed by atoms with van der Waals surface area (Å²) >= 11 is 0.